The van der Waals surface area contributed by atoms with Gasteiger partial charge in [0.15, 0.2) is 0 Å². The fourth-order valence-corrected chi connectivity index (χ4v) is 3.93. The Bertz CT molecular complexity index is 694. The standard InChI is InChI=1S/C18H25N5O2/c1-24-13-16-4-2-15(3-5-16)12-23-17(19-20-21-23)22-9-6-18(14-22)7-10-25-11-8-18/h2-5H,6-14H2,1H3. The Kier molecular flexibility index (Phi) is 4.67. The fourth-order valence-electron chi connectivity index (χ4n) is 3.93. The summed E-state index contributed by atoms with van der Waals surface area (Å²) in [6.07, 6.45) is 3.49. The van der Waals surface area contributed by atoms with Gasteiger partial charge < -0.3 is 14.4 Å². The van der Waals surface area contributed by atoms with E-state index in [2.05, 4.69) is 44.7 Å². The summed E-state index contributed by atoms with van der Waals surface area (Å²) in [6, 6.07) is 8.42. The maximum Gasteiger partial charge on any atom is 0.245 e. The van der Waals surface area contributed by atoms with Crippen molar-refractivity contribution in [1.29, 1.82) is 0 Å². The van der Waals surface area contributed by atoms with E-state index in [9.17, 15) is 0 Å². The first-order valence-corrected chi connectivity index (χ1v) is 8.94. The van der Waals surface area contributed by atoms with Crippen molar-refractivity contribution in [3.05, 3.63) is 35.4 Å². The molecular formula is C18H25N5O2. The van der Waals surface area contributed by atoms with Crippen molar-refractivity contribution in [3.8, 4) is 0 Å². The van der Waals surface area contributed by atoms with E-state index in [-0.39, 0.29) is 0 Å². The van der Waals surface area contributed by atoms with Crippen molar-refractivity contribution in [2.24, 2.45) is 5.41 Å². The molecule has 0 atom stereocenters. The number of ether oxygens (including phenoxy) is 2. The first-order chi connectivity index (χ1) is 12.3. The molecule has 2 aliphatic rings. The van der Waals surface area contributed by atoms with E-state index in [0.717, 1.165) is 45.1 Å². The number of anilines is 1. The topological polar surface area (TPSA) is 65.3 Å². The molecule has 0 unspecified atom stereocenters. The van der Waals surface area contributed by atoms with E-state index in [0.29, 0.717) is 18.6 Å². The smallest absolute Gasteiger partial charge is 0.245 e. The van der Waals surface area contributed by atoms with Gasteiger partial charge in [0.25, 0.3) is 0 Å². The molecule has 1 aromatic heterocycles. The van der Waals surface area contributed by atoms with Crippen LogP contribution in [0, 0.1) is 5.41 Å². The molecule has 3 heterocycles. The lowest BCUT2D eigenvalue weighted by atomic mass is 9.80. The van der Waals surface area contributed by atoms with E-state index >= 15 is 0 Å². The van der Waals surface area contributed by atoms with Crippen LogP contribution in [-0.2, 0) is 22.6 Å². The first kappa shape index (κ1) is 16.5. The van der Waals surface area contributed by atoms with Crippen LogP contribution in [0.1, 0.15) is 30.4 Å². The van der Waals surface area contributed by atoms with Gasteiger partial charge in [-0.3, -0.25) is 0 Å². The van der Waals surface area contributed by atoms with Crippen LogP contribution >= 0.6 is 0 Å². The molecule has 2 aliphatic heterocycles. The summed E-state index contributed by atoms with van der Waals surface area (Å²) in [4.78, 5) is 2.34. The zero-order valence-electron chi connectivity index (χ0n) is 14.7. The summed E-state index contributed by atoms with van der Waals surface area (Å²) in [6.45, 7) is 5.13. The Hall–Kier alpha value is -1.99. The number of benzene rings is 1. The minimum absolute atomic E-state index is 0.386. The molecule has 4 rings (SSSR count). The Morgan fingerprint density at radius 1 is 1.12 bits per heavy atom. The number of methoxy groups -OCH3 is 1. The highest BCUT2D eigenvalue weighted by Crippen LogP contribution is 2.40. The third kappa shape index (κ3) is 3.52. The third-order valence-electron chi connectivity index (χ3n) is 5.45. The summed E-state index contributed by atoms with van der Waals surface area (Å²) >= 11 is 0. The first-order valence-electron chi connectivity index (χ1n) is 8.94. The minimum atomic E-state index is 0.386. The Morgan fingerprint density at radius 3 is 2.64 bits per heavy atom. The average Bonchev–Trinajstić information content (AvgIpc) is 3.25. The predicted molar refractivity (Wildman–Crippen MR) is 93.4 cm³/mol. The molecule has 134 valence electrons. The van der Waals surface area contributed by atoms with Crippen molar-refractivity contribution in [3.63, 3.8) is 0 Å². The van der Waals surface area contributed by atoms with Crippen molar-refractivity contribution < 1.29 is 9.47 Å². The molecule has 7 nitrogen and oxygen atoms in total. The average molecular weight is 343 g/mol. The van der Waals surface area contributed by atoms with Gasteiger partial charge in [-0.1, -0.05) is 29.4 Å². The lowest BCUT2D eigenvalue weighted by Gasteiger charge is -2.33. The predicted octanol–water partition coefficient (Wildman–Crippen LogP) is 1.87. The van der Waals surface area contributed by atoms with Crippen molar-refractivity contribution >= 4 is 5.95 Å². The molecule has 2 aromatic rings. The zero-order chi connectivity index (χ0) is 17.1. The van der Waals surface area contributed by atoms with Crippen LogP contribution in [0.15, 0.2) is 24.3 Å². The SMILES string of the molecule is COCc1ccc(Cn2nnnc2N2CCC3(CCOCC3)C2)cc1. The van der Waals surface area contributed by atoms with Gasteiger partial charge in [0.05, 0.1) is 13.2 Å². The largest absolute Gasteiger partial charge is 0.381 e. The second-order valence-corrected chi connectivity index (χ2v) is 7.17. The van der Waals surface area contributed by atoms with Crippen LogP contribution in [0.5, 0.6) is 0 Å². The Labute approximate surface area is 147 Å². The van der Waals surface area contributed by atoms with E-state index in [1.54, 1.807) is 7.11 Å². The maximum atomic E-state index is 5.54. The molecule has 0 bridgehead atoms. The molecule has 25 heavy (non-hydrogen) atoms. The summed E-state index contributed by atoms with van der Waals surface area (Å²) in [5.41, 5.74) is 2.74. The monoisotopic (exact) mass is 343 g/mol. The van der Waals surface area contributed by atoms with Crippen molar-refractivity contribution in [1.82, 2.24) is 20.2 Å². The van der Waals surface area contributed by atoms with Gasteiger partial charge in [0.2, 0.25) is 5.95 Å². The van der Waals surface area contributed by atoms with Gasteiger partial charge in [-0.15, -0.1) is 0 Å². The second kappa shape index (κ2) is 7.09. The normalized spacial score (nSPS) is 19.6. The number of aromatic nitrogens is 4. The highest BCUT2D eigenvalue weighted by atomic mass is 16.5. The minimum Gasteiger partial charge on any atom is -0.381 e. The molecule has 0 amide bonds. The van der Waals surface area contributed by atoms with Gasteiger partial charge in [-0.25, -0.2) is 4.68 Å². The lowest BCUT2D eigenvalue weighted by Crippen LogP contribution is -2.34. The molecule has 2 saturated heterocycles. The highest BCUT2D eigenvalue weighted by Gasteiger charge is 2.40. The van der Waals surface area contributed by atoms with Gasteiger partial charge >= 0.3 is 0 Å². The number of hydrogen-bond acceptors (Lipinski definition) is 6. The summed E-state index contributed by atoms with van der Waals surface area (Å²) in [5.74, 6) is 0.879. The van der Waals surface area contributed by atoms with Crippen molar-refractivity contribution in [2.45, 2.75) is 32.4 Å². The maximum absolute atomic E-state index is 5.54. The summed E-state index contributed by atoms with van der Waals surface area (Å²) in [7, 11) is 1.71. The van der Waals surface area contributed by atoms with Gasteiger partial charge in [0, 0.05) is 33.4 Å². The van der Waals surface area contributed by atoms with Crippen LogP contribution in [-0.4, -0.2) is 53.6 Å². The zero-order valence-corrected chi connectivity index (χ0v) is 14.7. The molecule has 0 radical (unpaired) electrons. The van der Waals surface area contributed by atoms with Crippen LogP contribution in [0.25, 0.3) is 0 Å². The number of hydrogen-bond donors (Lipinski definition) is 0. The quantitative estimate of drug-likeness (QED) is 0.826. The van der Waals surface area contributed by atoms with E-state index in [4.69, 9.17) is 9.47 Å². The molecule has 0 N–H and O–H groups in total. The van der Waals surface area contributed by atoms with Gasteiger partial charge in [-0.05, 0) is 46.2 Å². The number of rotatable bonds is 5. The van der Waals surface area contributed by atoms with E-state index < -0.39 is 0 Å². The van der Waals surface area contributed by atoms with Gasteiger partial charge in [0.1, 0.15) is 0 Å². The molecule has 0 saturated carbocycles. The summed E-state index contributed by atoms with van der Waals surface area (Å²) in [5, 5.41) is 12.4. The van der Waals surface area contributed by atoms with E-state index in [1.807, 2.05) is 4.68 Å². The Balaban J connectivity index is 1.45. The lowest BCUT2D eigenvalue weighted by molar-refractivity contribution is 0.0254. The molecular weight excluding hydrogens is 318 g/mol. The van der Waals surface area contributed by atoms with E-state index in [1.165, 1.54) is 17.5 Å². The van der Waals surface area contributed by atoms with Gasteiger partial charge in [-0.2, -0.15) is 0 Å². The molecule has 1 spiro atoms. The van der Waals surface area contributed by atoms with Crippen LogP contribution in [0.2, 0.25) is 0 Å². The van der Waals surface area contributed by atoms with Crippen LogP contribution in [0.4, 0.5) is 5.95 Å². The van der Waals surface area contributed by atoms with Crippen LogP contribution in [0.3, 0.4) is 0 Å². The molecule has 1 aromatic carbocycles. The Morgan fingerprint density at radius 2 is 1.88 bits per heavy atom. The molecule has 7 heteroatoms. The second-order valence-electron chi connectivity index (χ2n) is 7.17. The number of nitrogens with zero attached hydrogens (tertiary/aromatic N) is 5. The fraction of sp³-hybridized carbons (Fsp3) is 0.611. The number of tetrazole rings is 1. The highest BCUT2D eigenvalue weighted by molar-refractivity contribution is 5.33. The molecule has 2 fully saturated rings. The third-order valence-corrected chi connectivity index (χ3v) is 5.45. The molecule has 0 aliphatic carbocycles. The van der Waals surface area contributed by atoms with Crippen LogP contribution < -0.4 is 4.90 Å². The van der Waals surface area contributed by atoms with Crippen molar-refractivity contribution in [2.75, 3.05) is 38.3 Å². The summed E-state index contributed by atoms with van der Waals surface area (Å²) < 4.78 is 12.6.